The van der Waals surface area contributed by atoms with Crippen LogP contribution in [0.3, 0.4) is 0 Å². The van der Waals surface area contributed by atoms with Gasteiger partial charge in [0.15, 0.2) is 5.76 Å². The lowest BCUT2D eigenvalue weighted by Gasteiger charge is -2.05. The number of nitrogens with one attached hydrogen (secondary N) is 1. The number of furan rings is 1. The van der Waals surface area contributed by atoms with Crippen molar-refractivity contribution in [1.29, 1.82) is 0 Å². The minimum Gasteiger partial charge on any atom is -0.459 e. The molecule has 1 amide bonds. The lowest BCUT2D eigenvalue weighted by molar-refractivity contribution is -0.113. The van der Waals surface area contributed by atoms with E-state index in [2.05, 4.69) is 15.5 Å². The molecule has 124 valence electrons. The van der Waals surface area contributed by atoms with Crippen molar-refractivity contribution in [2.24, 2.45) is 0 Å². The summed E-state index contributed by atoms with van der Waals surface area (Å²) in [6, 6.07) is 17.3. The number of hydrogen-bond acceptors (Lipinski definition) is 6. The standard InChI is InChI=1S/C18H13N3O3S/c22-16(19-14-8-7-12-4-1-2-5-13(12)10-14)11-25-18-21-20-17(24-18)15-6-3-9-23-15/h1-10H,11H2,(H,19,22). The van der Waals surface area contributed by atoms with Gasteiger partial charge in [-0.15, -0.1) is 10.2 Å². The van der Waals surface area contributed by atoms with Gasteiger partial charge in [0.2, 0.25) is 5.91 Å². The van der Waals surface area contributed by atoms with Crippen LogP contribution in [0.15, 0.2) is 74.9 Å². The van der Waals surface area contributed by atoms with Gasteiger partial charge in [-0.05, 0) is 35.0 Å². The lowest BCUT2D eigenvalue weighted by Crippen LogP contribution is -2.13. The van der Waals surface area contributed by atoms with Crippen molar-refractivity contribution >= 4 is 34.1 Å². The molecule has 2 aromatic carbocycles. The number of anilines is 1. The van der Waals surface area contributed by atoms with Crippen LogP contribution in [0.1, 0.15) is 0 Å². The summed E-state index contributed by atoms with van der Waals surface area (Å²) in [4.78, 5) is 12.1. The second kappa shape index (κ2) is 6.82. The van der Waals surface area contributed by atoms with E-state index >= 15 is 0 Å². The van der Waals surface area contributed by atoms with E-state index in [1.807, 2.05) is 42.5 Å². The van der Waals surface area contributed by atoms with Crippen LogP contribution >= 0.6 is 11.8 Å². The molecule has 1 N–H and O–H groups in total. The Morgan fingerprint density at radius 1 is 1.04 bits per heavy atom. The summed E-state index contributed by atoms with van der Waals surface area (Å²) in [6.07, 6.45) is 1.53. The molecule has 6 nitrogen and oxygen atoms in total. The van der Waals surface area contributed by atoms with Gasteiger partial charge in [0.05, 0.1) is 12.0 Å². The molecule has 0 atom stereocenters. The predicted octanol–water partition coefficient (Wildman–Crippen LogP) is 4.21. The van der Waals surface area contributed by atoms with Gasteiger partial charge in [0.25, 0.3) is 11.1 Å². The number of amides is 1. The number of rotatable bonds is 5. The maximum absolute atomic E-state index is 12.1. The normalized spacial score (nSPS) is 10.9. The third-order valence-corrected chi connectivity index (χ3v) is 4.32. The molecule has 0 fully saturated rings. The summed E-state index contributed by atoms with van der Waals surface area (Å²) in [5.41, 5.74) is 0.756. The van der Waals surface area contributed by atoms with E-state index in [0.29, 0.717) is 16.9 Å². The van der Waals surface area contributed by atoms with Crippen LogP contribution in [-0.4, -0.2) is 21.9 Å². The van der Waals surface area contributed by atoms with Crippen molar-refractivity contribution in [3.63, 3.8) is 0 Å². The van der Waals surface area contributed by atoms with E-state index in [1.54, 1.807) is 12.1 Å². The summed E-state index contributed by atoms with van der Waals surface area (Å²) in [5, 5.41) is 13.2. The number of fused-ring (bicyclic) bond motifs is 1. The summed E-state index contributed by atoms with van der Waals surface area (Å²) >= 11 is 1.18. The molecule has 0 saturated heterocycles. The van der Waals surface area contributed by atoms with Gasteiger partial charge in [-0.25, -0.2) is 0 Å². The molecule has 25 heavy (non-hydrogen) atoms. The van der Waals surface area contributed by atoms with Gasteiger partial charge in [-0.3, -0.25) is 4.79 Å². The molecule has 0 saturated carbocycles. The number of aromatic nitrogens is 2. The van der Waals surface area contributed by atoms with E-state index in [0.717, 1.165) is 16.5 Å². The number of thioether (sulfide) groups is 1. The van der Waals surface area contributed by atoms with Crippen LogP contribution in [-0.2, 0) is 4.79 Å². The van der Waals surface area contributed by atoms with E-state index in [-0.39, 0.29) is 11.7 Å². The van der Waals surface area contributed by atoms with Gasteiger partial charge < -0.3 is 14.2 Å². The minimum atomic E-state index is -0.141. The smallest absolute Gasteiger partial charge is 0.284 e. The maximum atomic E-state index is 12.1. The highest BCUT2D eigenvalue weighted by Crippen LogP contribution is 2.24. The van der Waals surface area contributed by atoms with Crippen LogP contribution in [0.2, 0.25) is 0 Å². The number of benzene rings is 2. The van der Waals surface area contributed by atoms with Gasteiger partial charge in [0.1, 0.15) is 0 Å². The Morgan fingerprint density at radius 3 is 2.76 bits per heavy atom. The van der Waals surface area contributed by atoms with Crippen molar-refractivity contribution in [2.45, 2.75) is 5.22 Å². The number of carbonyl (C=O) groups excluding carboxylic acids is 1. The largest absolute Gasteiger partial charge is 0.459 e. The fraction of sp³-hybridized carbons (Fsp3) is 0.0556. The van der Waals surface area contributed by atoms with E-state index in [4.69, 9.17) is 8.83 Å². The third kappa shape index (κ3) is 3.56. The molecule has 0 aliphatic carbocycles. The quantitative estimate of drug-likeness (QED) is 0.542. The fourth-order valence-electron chi connectivity index (χ4n) is 2.36. The van der Waals surface area contributed by atoms with E-state index in [9.17, 15) is 4.79 Å². The van der Waals surface area contributed by atoms with Crippen LogP contribution in [0.5, 0.6) is 0 Å². The van der Waals surface area contributed by atoms with Crippen LogP contribution in [0.4, 0.5) is 5.69 Å². The number of hydrogen-bond donors (Lipinski definition) is 1. The molecule has 0 bridgehead atoms. The topological polar surface area (TPSA) is 81.2 Å². The highest BCUT2D eigenvalue weighted by molar-refractivity contribution is 7.99. The molecule has 2 aromatic heterocycles. The molecule has 0 unspecified atom stereocenters. The summed E-state index contributed by atoms with van der Waals surface area (Å²) in [7, 11) is 0. The molecule has 0 aliphatic rings. The molecule has 2 heterocycles. The third-order valence-electron chi connectivity index (χ3n) is 3.50. The van der Waals surface area contributed by atoms with Crippen LogP contribution in [0.25, 0.3) is 22.4 Å². The zero-order valence-corrected chi connectivity index (χ0v) is 13.8. The first kappa shape index (κ1) is 15.5. The van der Waals surface area contributed by atoms with Crippen molar-refractivity contribution in [3.8, 4) is 11.7 Å². The lowest BCUT2D eigenvalue weighted by atomic mass is 10.1. The zero-order valence-electron chi connectivity index (χ0n) is 13.0. The van der Waals surface area contributed by atoms with Gasteiger partial charge >= 0.3 is 0 Å². The van der Waals surface area contributed by atoms with Crippen molar-refractivity contribution in [1.82, 2.24) is 10.2 Å². The second-order valence-electron chi connectivity index (χ2n) is 5.25. The van der Waals surface area contributed by atoms with Crippen molar-refractivity contribution < 1.29 is 13.6 Å². The average Bonchev–Trinajstić information content (AvgIpc) is 3.31. The number of nitrogens with zero attached hydrogens (tertiary/aromatic N) is 2. The Kier molecular flexibility index (Phi) is 4.22. The maximum Gasteiger partial charge on any atom is 0.284 e. The second-order valence-corrected chi connectivity index (χ2v) is 6.18. The first-order chi connectivity index (χ1) is 12.3. The molecule has 0 radical (unpaired) electrons. The van der Waals surface area contributed by atoms with Crippen molar-refractivity contribution in [3.05, 3.63) is 60.9 Å². The molecular weight excluding hydrogens is 338 g/mol. The molecular formula is C18H13N3O3S. The first-order valence-corrected chi connectivity index (χ1v) is 8.55. The van der Waals surface area contributed by atoms with Gasteiger partial charge in [-0.1, -0.05) is 42.1 Å². The Balaban J connectivity index is 1.37. The molecule has 0 spiro atoms. The summed E-state index contributed by atoms with van der Waals surface area (Å²) in [5.74, 6) is 0.826. The summed E-state index contributed by atoms with van der Waals surface area (Å²) in [6.45, 7) is 0. The number of carbonyl (C=O) groups is 1. The SMILES string of the molecule is O=C(CSc1nnc(-c2ccco2)o1)Nc1ccc2ccccc2c1. The minimum absolute atomic E-state index is 0.141. The Labute approximate surface area is 147 Å². The Bertz CT molecular complexity index is 1010. The highest BCUT2D eigenvalue weighted by Gasteiger charge is 2.13. The van der Waals surface area contributed by atoms with E-state index in [1.165, 1.54) is 18.0 Å². The molecule has 4 rings (SSSR count). The van der Waals surface area contributed by atoms with Crippen LogP contribution in [0, 0.1) is 0 Å². The average molecular weight is 351 g/mol. The zero-order chi connectivity index (χ0) is 17.1. The molecule has 4 aromatic rings. The fourth-order valence-corrected chi connectivity index (χ4v) is 2.92. The highest BCUT2D eigenvalue weighted by atomic mass is 32.2. The van der Waals surface area contributed by atoms with Crippen molar-refractivity contribution in [2.75, 3.05) is 11.1 Å². The Morgan fingerprint density at radius 2 is 1.92 bits per heavy atom. The Hall–Kier alpha value is -3.06. The summed E-state index contributed by atoms with van der Waals surface area (Å²) < 4.78 is 10.6. The van der Waals surface area contributed by atoms with Gasteiger partial charge in [0, 0.05) is 5.69 Å². The predicted molar refractivity (Wildman–Crippen MR) is 95.3 cm³/mol. The monoisotopic (exact) mass is 351 g/mol. The van der Waals surface area contributed by atoms with Gasteiger partial charge in [-0.2, -0.15) is 0 Å². The van der Waals surface area contributed by atoms with E-state index < -0.39 is 0 Å². The van der Waals surface area contributed by atoms with Crippen LogP contribution < -0.4 is 5.32 Å². The first-order valence-electron chi connectivity index (χ1n) is 7.57. The molecule has 7 heteroatoms. The molecule has 0 aliphatic heterocycles.